The van der Waals surface area contributed by atoms with Gasteiger partial charge in [0, 0.05) is 18.1 Å². The lowest BCUT2D eigenvalue weighted by molar-refractivity contribution is 0.147. The van der Waals surface area contributed by atoms with Crippen LogP contribution in [0, 0.1) is 5.82 Å². The maximum Gasteiger partial charge on any atom is 0.124 e. The van der Waals surface area contributed by atoms with E-state index in [2.05, 4.69) is 21.2 Å². The van der Waals surface area contributed by atoms with E-state index < -0.39 is 5.54 Å². The Bertz CT molecular complexity index is 376. The molecule has 17 heavy (non-hydrogen) atoms. The molecule has 0 heterocycles. The molecule has 0 fully saturated rings. The minimum Gasteiger partial charge on any atom is -0.394 e. The first-order chi connectivity index (χ1) is 8.03. The van der Waals surface area contributed by atoms with Gasteiger partial charge in [-0.25, -0.2) is 4.39 Å². The maximum absolute atomic E-state index is 13.0. The number of benzene rings is 1. The number of nitrogens with one attached hydrogen (secondary N) is 1. The maximum atomic E-state index is 13.0. The molecule has 0 saturated carbocycles. The van der Waals surface area contributed by atoms with Gasteiger partial charge in [-0.15, -0.1) is 0 Å². The zero-order chi connectivity index (χ0) is 12.9. The van der Waals surface area contributed by atoms with Crippen molar-refractivity contribution in [2.24, 2.45) is 0 Å². The van der Waals surface area contributed by atoms with Gasteiger partial charge in [0.2, 0.25) is 0 Å². The van der Waals surface area contributed by atoms with E-state index in [1.807, 2.05) is 6.92 Å². The Labute approximate surface area is 109 Å². The van der Waals surface area contributed by atoms with Gasteiger partial charge in [0.15, 0.2) is 0 Å². The summed E-state index contributed by atoms with van der Waals surface area (Å²) < 4.78 is 18.6. The second-order valence-electron chi connectivity index (χ2n) is 4.03. The van der Waals surface area contributed by atoms with Crippen LogP contribution in [0.25, 0.3) is 0 Å². The molecule has 0 bridgehead atoms. The molecular weight excluding hydrogens is 289 g/mol. The first kappa shape index (κ1) is 14.6. The number of aliphatic hydroxyl groups is 1. The van der Waals surface area contributed by atoms with Gasteiger partial charge in [0.1, 0.15) is 5.82 Å². The summed E-state index contributed by atoms with van der Waals surface area (Å²) in [7, 11) is 1.62. The Morgan fingerprint density at radius 2 is 2.24 bits per heavy atom. The summed E-state index contributed by atoms with van der Waals surface area (Å²) in [5, 5.41) is 12.7. The third-order valence-electron chi connectivity index (χ3n) is 2.66. The van der Waals surface area contributed by atoms with E-state index in [9.17, 15) is 9.50 Å². The van der Waals surface area contributed by atoms with E-state index in [1.54, 1.807) is 13.2 Å². The van der Waals surface area contributed by atoms with Crippen LogP contribution >= 0.6 is 15.9 Å². The van der Waals surface area contributed by atoms with Gasteiger partial charge in [-0.1, -0.05) is 22.0 Å². The van der Waals surface area contributed by atoms with Crippen molar-refractivity contribution < 1.29 is 14.2 Å². The number of hydrogen-bond donors (Lipinski definition) is 2. The highest BCUT2D eigenvalue weighted by atomic mass is 79.9. The highest BCUT2D eigenvalue weighted by Gasteiger charge is 2.27. The Hall–Kier alpha value is -0.490. The zero-order valence-electron chi connectivity index (χ0n) is 9.96. The van der Waals surface area contributed by atoms with Crippen molar-refractivity contribution in [1.29, 1.82) is 0 Å². The van der Waals surface area contributed by atoms with Crippen molar-refractivity contribution in [1.82, 2.24) is 5.32 Å². The molecule has 0 radical (unpaired) electrons. The molecule has 96 valence electrons. The third kappa shape index (κ3) is 3.74. The van der Waals surface area contributed by atoms with Crippen LogP contribution in [0.15, 0.2) is 22.7 Å². The van der Waals surface area contributed by atoms with E-state index in [0.717, 1.165) is 5.56 Å². The summed E-state index contributed by atoms with van der Waals surface area (Å²) in [5.74, 6) is -0.308. The average molecular weight is 306 g/mol. The van der Waals surface area contributed by atoms with Crippen molar-refractivity contribution in [3.05, 3.63) is 34.1 Å². The van der Waals surface area contributed by atoms with Crippen molar-refractivity contribution in [3.8, 4) is 0 Å². The van der Waals surface area contributed by atoms with Crippen LogP contribution in [-0.4, -0.2) is 32.0 Å². The first-order valence-electron chi connectivity index (χ1n) is 5.34. The fourth-order valence-electron chi connectivity index (χ4n) is 1.60. The van der Waals surface area contributed by atoms with E-state index >= 15 is 0 Å². The van der Waals surface area contributed by atoms with Crippen LogP contribution in [0.5, 0.6) is 0 Å². The summed E-state index contributed by atoms with van der Waals surface area (Å²) in [6.07, 6.45) is 0. The van der Waals surface area contributed by atoms with Crippen molar-refractivity contribution >= 4 is 15.9 Å². The molecule has 2 N–H and O–H groups in total. The van der Waals surface area contributed by atoms with Gasteiger partial charge in [-0.2, -0.15) is 0 Å². The molecule has 5 heteroatoms. The van der Waals surface area contributed by atoms with E-state index in [4.69, 9.17) is 4.74 Å². The quantitative estimate of drug-likeness (QED) is 0.790. The van der Waals surface area contributed by atoms with Crippen LogP contribution in [0.3, 0.4) is 0 Å². The summed E-state index contributed by atoms with van der Waals surface area (Å²) in [5.41, 5.74) is 0.197. The molecule has 1 aromatic carbocycles. The molecule has 1 rings (SSSR count). The molecule has 0 aliphatic carbocycles. The van der Waals surface area contributed by atoms with Crippen LogP contribution in [0.4, 0.5) is 4.39 Å². The van der Waals surface area contributed by atoms with Crippen molar-refractivity contribution in [2.45, 2.75) is 12.5 Å². The van der Waals surface area contributed by atoms with Crippen molar-refractivity contribution in [3.63, 3.8) is 0 Å². The van der Waals surface area contributed by atoms with Gasteiger partial charge in [-0.05, 0) is 24.6 Å². The standard InChI is InChI=1S/C12H17BrFNO2/c1-12(8-16,15-5-6-17-2)10-4-3-9(14)7-11(10)13/h3-4,7,15-16H,5-6,8H2,1-2H3. The molecule has 0 amide bonds. The Morgan fingerprint density at radius 3 is 2.76 bits per heavy atom. The predicted molar refractivity (Wildman–Crippen MR) is 68.4 cm³/mol. The number of halogens is 2. The van der Waals surface area contributed by atoms with Gasteiger partial charge >= 0.3 is 0 Å². The lowest BCUT2D eigenvalue weighted by Crippen LogP contribution is -2.44. The molecule has 0 saturated heterocycles. The van der Waals surface area contributed by atoms with E-state index in [-0.39, 0.29) is 12.4 Å². The second kappa shape index (κ2) is 6.44. The molecule has 0 spiro atoms. The van der Waals surface area contributed by atoms with E-state index in [0.29, 0.717) is 17.6 Å². The monoisotopic (exact) mass is 305 g/mol. The molecule has 0 aliphatic heterocycles. The Balaban J connectivity index is 2.90. The summed E-state index contributed by atoms with van der Waals surface area (Å²) in [6.45, 7) is 2.94. The molecule has 1 unspecified atom stereocenters. The largest absolute Gasteiger partial charge is 0.394 e. The fourth-order valence-corrected chi connectivity index (χ4v) is 2.39. The topological polar surface area (TPSA) is 41.5 Å². The van der Waals surface area contributed by atoms with Gasteiger partial charge in [0.05, 0.1) is 18.8 Å². The van der Waals surface area contributed by atoms with Crippen LogP contribution < -0.4 is 5.32 Å². The number of rotatable bonds is 6. The first-order valence-corrected chi connectivity index (χ1v) is 6.13. The van der Waals surface area contributed by atoms with Gasteiger partial charge < -0.3 is 15.2 Å². The third-order valence-corrected chi connectivity index (χ3v) is 3.32. The van der Waals surface area contributed by atoms with Crippen LogP contribution in [0.2, 0.25) is 0 Å². The molecular formula is C12H17BrFNO2. The number of methoxy groups -OCH3 is 1. The second-order valence-corrected chi connectivity index (χ2v) is 4.89. The zero-order valence-corrected chi connectivity index (χ0v) is 11.6. The molecule has 3 nitrogen and oxygen atoms in total. The fraction of sp³-hybridized carbons (Fsp3) is 0.500. The number of hydrogen-bond acceptors (Lipinski definition) is 3. The Kier molecular flexibility index (Phi) is 5.52. The predicted octanol–water partition coefficient (Wildman–Crippen LogP) is 2.03. The lowest BCUT2D eigenvalue weighted by Gasteiger charge is -2.30. The highest BCUT2D eigenvalue weighted by Crippen LogP contribution is 2.28. The SMILES string of the molecule is COCCNC(C)(CO)c1ccc(F)cc1Br. The molecule has 0 aromatic heterocycles. The highest BCUT2D eigenvalue weighted by molar-refractivity contribution is 9.10. The molecule has 1 aromatic rings. The van der Waals surface area contributed by atoms with Crippen LogP contribution in [0.1, 0.15) is 12.5 Å². The Morgan fingerprint density at radius 1 is 1.53 bits per heavy atom. The lowest BCUT2D eigenvalue weighted by atomic mass is 9.93. The summed E-state index contributed by atoms with van der Waals surface area (Å²) in [4.78, 5) is 0. The molecule has 1 atom stereocenters. The van der Waals surface area contributed by atoms with Crippen molar-refractivity contribution in [2.75, 3.05) is 26.9 Å². The summed E-state index contributed by atoms with van der Waals surface area (Å²) >= 11 is 3.31. The van der Waals surface area contributed by atoms with Gasteiger partial charge in [0.25, 0.3) is 0 Å². The molecule has 0 aliphatic rings. The van der Waals surface area contributed by atoms with E-state index in [1.165, 1.54) is 12.1 Å². The number of ether oxygens (including phenoxy) is 1. The van der Waals surface area contributed by atoms with Gasteiger partial charge in [-0.3, -0.25) is 0 Å². The summed E-state index contributed by atoms with van der Waals surface area (Å²) in [6, 6.07) is 4.43. The smallest absolute Gasteiger partial charge is 0.124 e. The minimum absolute atomic E-state index is 0.0824. The van der Waals surface area contributed by atoms with Crippen LogP contribution in [-0.2, 0) is 10.3 Å². The average Bonchev–Trinajstić information content (AvgIpc) is 2.29. The minimum atomic E-state index is -0.620. The normalized spacial score (nSPS) is 14.6. The number of aliphatic hydroxyl groups excluding tert-OH is 1.